The minimum absolute atomic E-state index is 0.0850. The number of carbonyl (C=O) groups excluding carboxylic acids is 1. The van der Waals surface area contributed by atoms with Crippen molar-refractivity contribution in [1.29, 1.82) is 5.26 Å². The van der Waals surface area contributed by atoms with E-state index < -0.39 is 0 Å². The molecule has 1 aromatic heterocycles. The number of hydrogen-bond acceptors (Lipinski definition) is 6. The minimum atomic E-state index is -0.0850. The average molecular weight is 466 g/mol. The molecule has 8 heteroatoms. The van der Waals surface area contributed by atoms with Crippen molar-refractivity contribution >= 4 is 34.9 Å². The molecular formula is C27H27N7O. The van der Waals surface area contributed by atoms with Gasteiger partial charge in [-0.2, -0.15) is 5.26 Å². The zero-order valence-electron chi connectivity index (χ0n) is 19.9. The third-order valence-corrected chi connectivity index (χ3v) is 6.51. The number of hydrogen-bond donors (Lipinski definition) is 1. The number of urea groups is 1. The predicted molar refractivity (Wildman–Crippen MR) is 138 cm³/mol. The van der Waals surface area contributed by atoms with E-state index in [-0.39, 0.29) is 6.03 Å². The maximum absolute atomic E-state index is 12.8. The number of nitrogens with zero attached hydrogens (tertiary/aromatic N) is 6. The molecule has 0 bridgehead atoms. The Hall–Kier alpha value is -4.38. The Kier molecular flexibility index (Phi) is 6.06. The highest BCUT2D eigenvalue weighted by atomic mass is 16.2. The minimum Gasteiger partial charge on any atom is -0.378 e. The van der Waals surface area contributed by atoms with Crippen LogP contribution in [-0.4, -0.2) is 61.2 Å². The number of amides is 2. The van der Waals surface area contributed by atoms with Crippen molar-refractivity contribution in [2.45, 2.75) is 6.42 Å². The van der Waals surface area contributed by atoms with Gasteiger partial charge < -0.3 is 20.0 Å². The summed E-state index contributed by atoms with van der Waals surface area (Å²) < 4.78 is 0. The zero-order chi connectivity index (χ0) is 24.4. The van der Waals surface area contributed by atoms with Gasteiger partial charge in [0.05, 0.1) is 17.3 Å². The molecule has 1 aliphatic carbocycles. The molecule has 2 amide bonds. The van der Waals surface area contributed by atoms with Crippen LogP contribution in [0.1, 0.15) is 22.4 Å². The molecule has 0 radical (unpaired) electrons. The summed E-state index contributed by atoms with van der Waals surface area (Å²) in [6.07, 6.45) is 4.52. The van der Waals surface area contributed by atoms with Gasteiger partial charge in [0.15, 0.2) is 0 Å². The number of aromatic nitrogens is 2. The zero-order valence-corrected chi connectivity index (χ0v) is 19.9. The van der Waals surface area contributed by atoms with E-state index in [1.54, 1.807) is 6.33 Å². The van der Waals surface area contributed by atoms with Gasteiger partial charge in [-0.25, -0.2) is 14.8 Å². The van der Waals surface area contributed by atoms with Crippen LogP contribution < -0.4 is 15.1 Å². The second-order valence-electron chi connectivity index (χ2n) is 8.94. The summed E-state index contributed by atoms with van der Waals surface area (Å²) in [5, 5.41) is 12.1. The number of benzene rings is 2. The van der Waals surface area contributed by atoms with Crippen LogP contribution in [0.5, 0.6) is 0 Å². The number of piperazine rings is 1. The van der Waals surface area contributed by atoms with E-state index in [0.29, 0.717) is 31.7 Å². The van der Waals surface area contributed by atoms with Crippen molar-refractivity contribution in [3.63, 3.8) is 0 Å². The standard InChI is InChI=1S/C27H27N7O/c1-32(2)23-9-7-22(8-10-23)31-27(35)34-13-11-33(12-14-34)26-24-15-21(16-25(24)29-18-30-26)20-5-3-19(17-28)4-6-20/h3-10,15,18H,11-14,16H2,1-2H3,(H,31,35). The van der Waals surface area contributed by atoms with Crippen LogP contribution in [0.3, 0.4) is 0 Å². The number of nitrogens with one attached hydrogen (secondary N) is 1. The first-order chi connectivity index (χ1) is 17.0. The van der Waals surface area contributed by atoms with Crippen molar-refractivity contribution in [2.75, 3.05) is 55.4 Å². The number of fused-ring (bicyclic) bond motifs is 1. The molecule has 2 aliphatic rings. The molecule has 1 fully saturated rings. The molecule has 0 spiro atoms. The molecule has 2 heterocycles. The fourth-order valence-electron chi connectivity index (χ4n) is 4.48. The van der Waals surface area contributed by atoms with Crippen LogP contribution in [0.25, 0.3) is 11.6 Å². The summed E-state index contributed by atoms with van der Waals surface area (Å²) >= 11 is 0. The molecule has 0 atom stereocenters. The molecule has 1 aliphatic heterocycles. The third-order valence-electron chi connectivity index (χ3n) is 6.51. The SMILES string of the molecule is CN(C)c1ccc(NC(=O)N2CCN(c3ncnc4c3C=C(c3ccc(C#N)cc3)C4)CC2)cc1. The second-order valence-corrected chi connectivity index (χ2v) is 8.94. The van der Waals surface area contributed by atoms with Crippen LogP contribution >= 0.6 is 0 Å². The summed E-state index contributed by atoms with van der Waals surface area (Å²) in [5.41, 5.74) is 6.85. The highest BCUT2D eigenvalue weighted by Crippen LogP contribution is 2.35. The number of nitriles is 1. The summed E-state index contributed by atoms with van der Waals surface area (Å²) in [6, 6.07) is 17.5. The van der Waals surface area contributed by atoms with E-state index in [1.807, 2.05) is 72.4 Å². The Morgan fingerprint density at radius 2 is 1.71 bits per heavy atom. The molecule has 0 unspecified atom stereocenters. The van der Waals surface area contributed by atoms with Gasteiger partial charge in [-0.3, -0.25) is 0 Å². The van der Waals surface area contributed by atoms with E-state index in [9.17, 15) is 4.79 Å². The number of carbonyl (C=O) groups is 1. The van der Waals surface area contributed by atoms with E-state index >= 15 is 0 Å². The van der Waals surface area contributed by atoms with Gasteiger partial charge >= 0.3 is 6.03 Å². The van der Waals surface area contributed by atoms with Gasteiger partial charge in [-0.15, -0.1) is 0 Å². The Balaban J connectivity index is 1.24. The fraction of sp³-hybridized carbons (Fsp3) is 0.259. The molecule has 8 nitrogen and oxygen atoms in total. The Labute approximate surface area is 205 Å². The topological polar surface area (TPSA) is 88.4 Å². The quantitative estimate of drug-likeness (QED) is 0.629. The van der Waals surface area contributed by atoms with Crippen LogP contribution in [0.15, 0.2) is 54.9 Å². The number of allylic oxidation sites excluding steroid dienone is 1. The monoisotopic (exact) mass is 465 g/mol. The predicted octanol–water partition coefficient (Wildman–Crippen LogP) is 3.87. The first-order valence-electron chi connectivity index (χ1n) is 11.6. The summed E-state index contributed by atoms with van der Waals surface area (Å²) in [7, 11) is 3.98. The van der Waals surface area contributed by atoms with Crippen LogP contribution in [0, 0.1) is 11.3 Å². The number of rotatable bonds is 4. The highest BCUT2D eigenvalue weighted by molar-refractivity contribution is 5.92. The van der Waals surface area contributed by atoms with Crippen LogP contribution in [-0.2, 0) is 6.42 Å². The van der Waals surface area contributed by atoms with Gasteiger partial charge in [0.1, 0.15) is 12.1 Å². The van der Waals surface area contributed by atoms with E-state index in [0.717, 1.165) is 40.4 Å². The van der Waals surface area contributed by atoms with Crippen molar-refractivity contribution < 1.29 is 4.79 Å². The summed E-state index contributed by atoms with van der Waals surface area (Å²) in [4.78, 5) is 28.0. The lowest BCUT2D eigenvalue weighted by Gasteiger charge is -2.36. The maximum Gasteiger partial charge on any atom is 0.321 e. The Bertz CT molecular complexity index is 1300. The molecule has 1 saturated heterocycles. The lowest BCUT2D eigenvalue weighted by molar-refractivity contribution is 0.208. The second kappa shape index (κ2) is 9.47. The van der Waals surface area contributed by atoms with Gasteiger partial charge in [0.2, 0.25) is 0 Å². The van der Waals surface area contributed by atoms with Crippen LogP contribution in [0.2, 0.25) is 0 Å². The third kappa shape index (κ3) is 4.66. The highest BCUT2D eigenvalue weighted by Gasteiger charge is 2.26. The maximum atomic E-state index is 12.8. The first-order valence-corrected chi connectivity index (χ1v) is 11.6. The smallest absolute Gasteiger partial charge is 0.321 e. The molecular weight excluding hydrogens is 438 g/mol. The molecule has 2 aromatic carbocycles. The molecule has 3 aromatic rings. The van der Waals surface area contributed by atoms with Gasteiger partial charge in [-0.1, -0.05) is 12.1 Å². The van der Waals surface area contributed by atoms with E-state index in [2.05, 4.69) is 32.3 Å². The summed E-state index contributed by atoms with van der Waals surface area (Å²) in [5.74, 6) is 0.915. The van der Waals surface area contributed by atoms with Crippen molar-refractivity contribution in [3.8, 4) is 6.07 Å². The molecule has 5 rings (SSSR count). The molecule has 176 valence electrons. The summed E-state index contributed by atoms with van der Waals surface area (Å²) in [6.45, 7) is 2.64. The van der Waals surface area contributed by atoms with Gasteiger partial charge in [0, 0.05) is 63.6 Å². The fourth-order valence-corrected chi connectivity index (χ4v) is 4.48. The van der Waals surface area contributed by atoms with Crippen molar-refractivity contribution in [3.05, 3.63) is 77.2 Å². The van der Waals surface area contributed by atoms with Gasteiger partial charge in [-0.05, 0) is 53.6 Å². The van der Waals surface area contributed by atoms with Crippen LogP contribution in [0.4, 0.5) is 22.0 Å². The average Bonchev–Trinajstić information content (AvgIpc) is 3.34. The lowest BCUT2D eigenvalue weighted by atomic mass is 10.0. The number of anilines is 3. The largest absolute Gasteiger partial charge is 0.378 e. The molecule has 1 N–H and O–H groups in total. The van der Waals surface area contributed by atoms with Gasteiger partial charge in [0.25, 0.3) is 0 Å². The normalized spacial score (nSPS) is 14.7. The van der Waals surface area contributed by atoms with Crippen molar-refractivity contribution in [2.24, 2.45) is 0 Å². The first kappa shape index (κ1) is 22.4. The van der Waals surface area contributed by atoms with Crippen molar-refractivity contribution in [1.82, 2.24) is 14.9 Å². The molecule has 0 saturated carbocycles. The van der Waals surface area contributed by atoms with E-state index in [4.69, 9.17) is 5.26 Å². The van der Waals surface area contributed by atoms with E-state index in [1.165, 1.54) is 5.57 Å². The molecule has 35 heavy (non-hydrogen) atoms. The Morgan fingerprint density at radius 3 is 2.37 bits per heavy atom. The lowest BCUT2D eigenvalue weighted by Crippen LogP contribution is -2.50. The Morgan fingerprint density at radius 1 is 1.00 bits per heavy atom.